The van der Waals surface area contributed by atoms with Gasteiger partial charge in [-0.25, -0.2) is 4.98 Å². The number of rotatable bonds is 1. The molecule has 1 aromatic heterocycles. The summed E-state index contributed by atoms with van der Waals surface area (Å²) in [6.45, 7) is 4.64. The van der Waals surface area contributed by atoms with E-state index in [1.807, 2.05) is 23.1 Å². The van der Waals surface area contributed by atoms with Crippen LogP contribution in [0.25, 0.3) is 0 Å². The zero-order valence-electron chi connectivity index (χ0n) is 10.6. The molecular weight excluding hydrogens is 248 g/mol. The molecule has 0 saturated carbocycles. The van der Waals surface area contributed by atoms with Gasteiger partial charge in [0.15, 0.2) is 0 Å². The minimum atomic E-state index is -0.179. The third kappa shape index (κ3) is 2.15. The molecule has 2 N–H and O–H groups in total. The van der Waals surface area contributed by atoms with Gasteiger partial charge in [0.2, 0.25) is 0 Å². The molecule has 1 fully saturated rings. The summed E-state index contributed by atoms with van der Waals surface area (Å²) in [5.74, 6) is 2.25. The molecular formula is C13H20N2S2. The number of nitrogens with two attached hydrogens (primary N) is 1. The number of thioether (sulfide) groups is 1. The van der Waals surface area contributed by atoms with Crippen LogP contribution in [0.3, 0.4) is 0 Å². The SMILES string of the molecule is CC1(C)CSCC(N)(c2nc3c(s2)CCC3)C1. The van der Waals surface area contributed by atoms with Crippen molar-refractivity contribution < 1.29 is 0 Å². The number of aryl methyl sites for hydroxylation is 2. The van der Waals surface area contributed by atoms with E-state index in [9.17, 15) is 0 Å². The summed E-state index contributed by atoms with van der Waals surface area (Å²) < 4.78 is 0. The normalized spacial score (nSPS) is 31.5. The Morgan fingerprint density at radius 3 is 2.76 bits per heavy atom. The highest BCUT2D eigenvalue weighted by atomic mass is 32.2. The minimum Gasteiger partial charge on any atom is -0.319 e. The van der Waals surface area contributed by atoms with Crippen LogP contribution in [0, 0.1) is 5.41 Å². The van der Waals surface area contributed by atoms with Crippen molar-refractivity contribution in [3.63, 3.8) is 0 Å². The molecule has 17 heavy (non-hydrogen) atoms. The highest BCUT2D eigenvalue weighted by Gasteiger charge is 2.41. The molecule has 0 amide bonds. The molecule has 0 spiro atoms. The first kappa shape index (κ1) is 12.0. The Bertz CT molecular complexity index is 417. The fourth-order valence-electron chi connectivity index (χ4n) is 3.01. The van der Waals surface area contributed by atoms with Gasteiger partial charge in [0.05, 0.1) is 11.2 Å². The monoisotopic (exact) mass is 268 g/mol. The van der Waals surface area contributed by atoms with Gasteiger partial charge in [0.25, 0.3) is 0 Å². The van der Waals surface area contributed by atoms with Crippen LogP contribution in [0.5, 0.6) is 0 Å². The van der Waals surface area contributed by atoms with Crippen molar-refractivity contribution >= 4 is 23.1 Å². The summed E-state index contributed by atoms with van der Waals surface area (Å²) in [6.07, 6.45) is 4.74. The molecule has 2 aliphatic rings. The average Bonchev–Trinajstić information content (AvgIpc) is 2.73. The zero-order chi connectivity index (χ0) is 12.1. The Morgan fingerprint density at radius 1 is 1.24 bits per heavy atom. The van der Waals surface area contributed by atoms with E-state index < -0.39 is 0 Å². The Morgan fingerprint density at radius 2 is 2.06 bits per heavy atom. The van der Waals surface area contributed by atoms with Crippen molar-refractivity contribution in [1.29, 1.82) is 0 Å². The van der Waals surface area contributed by atoms with Gasteiger partial charge in [0.1, 0.15) is 5.01 Å². The fourth-order valence-corrected chi connectivity index (χ4v) is 5.71. The lowest BCUT2D eigenvalue weighted by Crippen LogP contribution is -2.47. The van der Waals surface area contributed by atoms with Crippen LogP contribution in [0.2, 0.25) is 0 Å². The summed E-state index contributed by atoms with van der Waals surface area (Å²) in [6, 6.07) is 0. The van der Waals surface area contributed by atoms with E-state index in [0.29, 0.717) is 5.41 Å². The van der Waals surface area contributed by atoms with Crippen molar-refractivity contribution in [3.05, 3.63) is 15.6 Å². The number of nitrogens with zero attached hydrogens (tertiary/aromatic N) is 1. The maximum Gasteiger partial charge on any atom is 0.114 e. The first-order valence-electron chi connectivity index (χ1n) is 6.34. The van der Waals surface area contributed by atoms with Crippen LogP contribution in [0.4, 0.5) is 0 Å². The van der Waals surface area contributed by atoms with Gasteiger partial charge in [0, 0.05) is 10.6 Å². The van der Waals surface area contributed by atoms with Gasteiger partial charge in [-0.3, -0.25) is 0 Å². The third-order valence-corrected chi connectivity index (χ3v) is 6.75. The zero-order valence-corrected chi connectivity index (χ0v) is 12.2. The lowest BCUT2D eigenvalue weighted by molar-refractivity contribution is 0.270. The van der Waals surface area contributed by atoms with E-state index in [0.717, 1.165) is 12.2 Å². The second-order valence-corrected chi connectivity index (χ2v) is 8.30. The van der Waals surface area contributed by atoms with Gasteiger partial charge in [-0.05, 0) is 36.9 Å². The number of hydrogen-bond acceptors (Lipinski definition) is 4. The quantitative estimate of drug-likeness (QED) is 0.851. The van der Waals surface area contributed by atoms with E-state index in [1.165, 1.54) is 40.6 Å². The molecule has 1 aliphatic carbocycles. The van der Waals surface area contributed by atoms with E-state index in [-0.39, 0.29) is 5.54 Å². The van der Waals surface area contributed by atoms with Crippen molar-refractivity contribution in [2.75, 3.05) is 11.5 Å². The van der Waals surface area contributed by atoms with Crippen LogP contribution in [-0.4, -0.2) is 16.5 Å². The van der Waals surface area contributed by atoms with Gasteiger partial charge >= 0.3 is 0 Å². The molecule has 1 saturated heterocycles. The molecule has 2 heterocycles. The van der Waals surface area contributed by atoms with Crippen molar-refractivity contribution in [3.8, 4) is 0 Å². The van der Waals surface area contributed by atoms with E-state index in [2.05, 4.69) is 13.8 Å². The topological polar surface area (TPSA) is 38.9 Å². The molecule has 1 aliphatic heterocycles. The summed E-state index contributed by atoms with van der Waals surface area (Å²) in [4.78, 5) is 6.33. The van der Waals surface area contributed by atoms with Crippen LogP contribution in [0.15, 0.2) is 0 Å². The van der Waals surface area contributed by atoms with E-state index in [1.54, 1.807) is 0 Å². The second kappa shape index (κ2) is 3.97. The van der Waals surface area contributed by atoms with Crippen LogP contribution in [-0.2, 0) is 18.4 Å². The molecule has 4 heteroatoms. The Balaban J connectivity index is 1.91. The molecule has 0 aromatic carbocycles. The Hall–Kier alpha value is -0.0600. The maximum atomic E-state index is 6.64. The molecule has 94 valence electrons. The van der Waals surface area contributed by atoms with Gasteiger partial charge in [-0.2, -0.15) is 11.8 Å². The predicted octanol–water partition coefficient (Wildman–Crippen LogP) is 2.95. The number of thiazole rings is 1. The summed E-state index contributed by atoms with van der Waals surface area (Å²) >= 11 is 3.86. The standard InChI is InChI=1S/C13H20N2S2/c1-12(2)6-13(14,8-16-7-12)11-15-9-4-3-5-10(9)17-11/h3-8,14H2,1-2H3. The van der Waals surface area contributed by atoms with Gasteiger partial charge in [-0.15, -0.1) is 11.3 Å². The maximum absolute atomic E-state index is 6.64. The van der Waals surface area contributed by atoms with Crippen LogP contribution >= 0.6 is 23.1 Å². The molecule has 2 nitrogen and oxygen atoms in total. The second-order valence-electron chi connectivity index (χ2n) is 6.23. The van der Waals surface area contributed by atoms with E-state index in [4.69, 9.17) is 10.7 Å². The minimum absolute atomic E-state index is 0.179. The largest absolute Gasteiger partial charge is 0.319 e. The van der Waals surface area contributed by atoms with Gasteiger partial charge < -0.3 is 5.73 Å². The number of hydrogen-bond donors (Lipinski definition) is 1. The van der Waals surface area contributed by atoms with Gasteiger partial charge in [-0.1, -0.05) is 13.8 Å². The molecule has 0 radical (unpaired) electrons. The molecule has 1 aromatic rings. The lowest BCUT2D eigenvalue weighted by atomic mass is 9.81. The smallest absolute Gasteiger partial charge is 0.114 e. The molecule has 3 rings (SSSR count). The van der Waals surface area contributed by atoms with Crippen molar-refractivity contribution in [2.45, 2.75) is 45.1 Å². The Labute approximate surface area is 111 Å². The first-order chi connectivity index (χ1) is 7.99. The number of fused-ring (bicyclic) bond motifs is 1. The average molecular weight is 268 g/mol. The van der Waals surface area contributed by atoms with Crippen LogP contribution in [0.1, 0.15) is 42.3 Å². The summed E-state index contributed by atoms with van der Waals surface area (Å²) in [7, 11) is 0. The summed E-state index contributed by atoms with van der Waals surface area (Å²) in [5, 5.41) is 1.20. The van der Waals surface area contributed by atoms with Crippen LogP contribution < -0.4 is 5.73 Å². The van der Waals surface area contributed by atoms with Crippen molar-refractivity contribution in [2.24, 2.45) is 11.1 Å². The van der Waals surface area contributed by atoms with Crippen molar-refractivity contribution in [1.82, 2.24) is 4.98 Å². The molecule has 1 atom stereocenters. The molecule has 1 unspecified atom stereocenters. The highest BCUT2D eigenvalue weighted by molar-refractivity contribution is 7.99. The molecule has 0 bridgehead atoms. The first-order valence-corrected chi connectivity index (χ1v) is 8.31. The predicted molar refractivity (Wildman–Crippen MR) is 75.7 cm³/mol. The third-order valence-electron chi connectivity index (χ3n) is 3.67. The lowest BCUT2D eigenvalue weighted by Gasteiger charge is -2.40. The number of aromatic nitrogens is 1. The Kier molecular flexibility index (Phi) is 2.80. The fraction of sp³-hybridized carbons (Fsp3) is 0.769. The summed E-state index contributed by atoms with van der Waals surface area (Å²) in [5.41, 5.74) is 8.14. The van der Waals surface area contributed by atoms with E-state index >= 15 is 0 Å². The highest BCUT2D eigenvalue weighted by Crippen LogP contribution is 2.45.